The van der Waals surface area contributed by atoms with Crippen molar-refractivity contribution in [1.82, 2.24) is 10.3 Å². The Morgan fingerprint density at radius 2 is 2.22 bits per heavy atom. The summed E-state index contributed by atoms with van der Waals surface area (Å²) in [6.07, 6.45) is 7.86. The van der Waals surface area contributed by atoms with Crippen LogP contribution < -0.4 is 10.2 Å². The van der Waals surface area contributed by atoms with Gasteiger partial charge in [0.25, 0.3) is 0 Å². The van der Waals surface area contributed by atoms with Gasteiger partial charge < -0.3 is 10.2 Å². The highest BCUT2D eigenvalue weighted by Crippen LogP contribution is 2.28. The van der Waals surface area contributed by atoms with Crippen LogP contribution in [-0.4, -0.2) is 29.5 Å². The van der Waals surface area contributed by atoms with Crippen molar-refractivity contribution in [2.75, 3.05) is 11.4 Å². The number of hydrogen-bond donors (Lipinski definition) is 1. The van der Waals surface area contributed by atoms with Gasteiger partial charge in [-0.25, -0.2) is 0 Å². The summed E-state index contributed by atoms with van der Waals surface area (Å²) >= 11 is 3.43. The van der Waals surface area contributed by atoms with Crippen LogP contribution in [-0.2, 0) is 4.79 Å². The van der Waals surface area contributed by atoms with Crippen LogP contribution in [0.1, 0.15) is 25.7 Å². The molecule has 2 heterocycles. The molecule has 1 aromatic heterocycles. The number of nitrogens with zero attached hydrogens (tertiary/aromatic N) is 2. The molecule has 1 unspecified atom stereocenters. The molecule has 18 heavy (non-hydrogen) atoms. The van der Waals surface area contributed by atoms with Crippen LogP contribution in [0, 0.1) is 0 Å². The average Bonchev–Trinajstić information content (AvgIpc) is 3.03. The maximum Gasteiger partial charge on any atom is 0.242 e. The molecule has 1 saturated heterocycles. The van der Waals surface area contributed by atoms with E-state index in [-0.39, 0.29) is 11.9 Å². The van der Waals surface area contributed by atoms with Crippen molar-refractivity contribution in [1.29, 1.82) is 0 Å². The first-order valence-electron chi connectivity index (χ1n) is 6.41. The highest BCUT2D eigenvalue weighted by Gasteiger charge is 2.34. The Kier molecular flexibility index (Phi) is 3.24. The Morgan fingerprint density at radius 1 is 1.39 bits per heavy atom. The third kappa shape index (κ3) is 2.51. The first kappa shape index (κ1) is 12.0. The van der Waals surface area contributed by atoms with Crippen molar-refractivity contribution in [2.45, 2.75) is 37.8 Å². The maximum absolute atomic E-state index is 12.2. The summed E-state index contributed by atoms with van der Waals surface area (Å²) in [4.78, 5) is 18.5. The van der Waals surface area contributed by atoms with Crippen LogP contribution in [0.25, 0.3) is 0 Å². The average molecular weight is 310 g/mol. The maximum atomic E-state index is 12.2. The lowest BCUT2D eigenvalue weighted by Crippen LogP contribution is -2.44. The fourth-order valence-corrected chi connectivity index (χ4v) is 2.78. The Bertz CT molecular complexity index is 461. The second-order valence-electron chi connectivity index (χ2n) is 5.00. The van der Waals surface area contributed by atoms with E-state index in [0.717, 1.165) is 42.4 Å². The van der Waals surface area contributed by atoms with Crippen LogP contribution in [0.2, 0.25) is 0 Å². The van der Waals surface area contributed by atoms with E-state index in [1.807, 2.05) is 12.3 Å². The third-order valence-corrected chi connectivity index (χ3v) is 3.93. The molecule has 1 N–H and O–H groups in total. The minimum absolute atomic E-state index is 0.0262. The SMILES string of the molecule is O=C(NC1CC1)C1CCCN1c1cncc(Br)c1. The van der Waals surface area contributed by atoms with E-state index in [4.69, 9.17) is 0 Å². The second-order valence-corrected chi connectivity index (χ2v) is 5.91. The number of nitrogens with one attached hydrogen (secondary N) is 1. The van der Waals surface area contributed by atoms with Crippen LogP contribution in [0.4, 0.5) is 5.69 Å². The smallest absolute Gasteiger partial charge is 0.242 e. The van der Waals surface area contributed by atoms with Crippen molar-refractivity contribution in [3.63, 3.8) is 0 Å². The Labute approximate surface area is 115 Å². The normalized spacial score (nSPS) is 23.2. The molecule has 2 aliphatic rings. The molecule has 2 fully saturated rings. The lowest BCUT2D eigenvalue weighted by molar-refractivity contribution is -0.122. The highest BCUT2D eigenvalue weighted by molar-refractivity contribution is 9.10. The lowest BCUT2D eigenvalue weighted by atomic mass is 10.2. The van der Waals surface area contributed by atoms with E-state index in [0.29, 0.717) is 6.04 Å². The summed E-state index contributed by atoms with van der Waals surface area (Å²) in [6, 6.07) is 2.43. The summed E-state index contributed by atoms with van der Waals surface area (Å²) in [5, 5.41) is 3.10. The molecule has 1 amide bonds. The molecular formula is C13H16BrN3O. The first-order valence-corrected chi connectivity index (χ1v) is 7.21. The minimum atomic E-state index is -0.0262. The molecule has 1 aliphatic carbocycles. The van der Waals surface area contributed by atoms with Gasteiger partial charge in [0.2, 0.25) is 5.91 Å². The quantitative estimate of drug-likeness (QED) is 0.930. The molecule has 3 rings (SSSR count). The number of amides is 1. The molecule has 1 aromatic rings. The topological polar surface area (TPSA) is 45.2 Å². The Balaban J connectivity index is 1.75. The van der Waals surface area contributed by atoms with Crippen molar-refractivity contribution >= 4 is 27.5 Å². The number of hydrogen-bond acceptors (Lipinski definition) is 3. The van der Waals surface area contributed by atoms with Gasteiger partial charge in [0.15, 0.2) is 0 Å². The zero-order valence-corrected chi connectivity index (χ0v) is 11.7. The fourth-order valence-electron chi connectivity index (χ4n) is 2.43. The van der Waals surface area contributed by atoms with E-state index < -0.39 is 0 Å². The molecule has 0 bridgehead atoms. The number of carbonyl (C=O) groups is 1. The van der Waals surface area contributed by atoms with Crippen LogP contribution in [0.15, 0.2) is 22.9 Å². The molecule has 96 valence electrons. The van der Waals surface area contributed by atoms with E-state index in [2.05, 4.69) is 31.1 Å². The monoisotopic (exact) mass is 309 g/mol. The van der Waals surface area contributed by atoms with Gasteiger partial charge in [0.05, 0.1) is 11.9 Å². The van der Waals surface area contributed by atoms with Crippen molar-refractivity contribution < 1.29 is 4.79 Å². The first-order chi connectivity index (χ1) is 8.74. The zero-order chi connectivity index (χ0) is 12.5. The largest absolute Gasteiger partial charge is 0.358 e. The molecule has 1 saturated carbocycles. The van der Waals surface area contributed by atoms with Gasteiger partial charge in [-0.15, -0.1) is 0 Å². The van der Waals surface area contributed by atoms with Gasteiger partial charge in [-0.1, -0.05) is 0 Å². The van der Waals surface area contributed by atoms with E-state index in [1.165, 1.54) is 0 Å². The molecule has 0 aromatic carbocycles. The van der Waals surface area contributed by atoms with Gasteiger partial charge in [-0.2, -0.15) is 0 Å². The lowest BCUT2D eigenvalue weighted by Gasteiger charge is -2.25. The molecule has 5 heteroatoms. The van der Waals surface area contributed by atoms with Crippen LogP contribution >= 0.6 is 15.9 Å². The molecular weight excluding hydrogens is 294 g/mol. The van der Waals surface area contributed by atoms with Crippen molar-refractivity contribution in [3.05, 3.63) is 22.9 Å². The summed E-state index contributed by atoms with van der Waals surface area (Å²) < 4.78 is 0.952. The van der Waals surface area contributed by atoms with Gasteiger partial charge in [0, 0.05) is 23.3 Å². The summed E-state index contributed by atoms with van der Waals surface area (Å²) in [5.74, 6) is 0.176. The van der Waals surface area contributed by atoms with E-state index >= 15 is 0 Å². The summed E-state index contributed by atoms with van der Waals surface area (Å²) in [7, 11) is 0. The van der Waals surface area contributed by atoms with Crippen molar-refractivity contribution in [2.24, 2.45) is 0 Å². The number of anilines is 1. The summed E-state index contributed by atoms with van der Waals surface area (Å²) in [5.41, 5.74) is 1.03. The predicted molar refractivity (Wildman–Crippen MR) is 73.5 cm³/mol. The van der Waals surface area contributed by atoms with E-state index in [9.17, 15) is 4.79 Å². The van der Waals surface area contributed by atoms with Crippen molar-refractivity contribution in [3.8, 4) is 0 Å². The molecule has 4 nitrogen and oxygen atoms in total. The Hall–Kier alpha value is -1.10. The van der Waals surface area contributed by atoms with E-state index in [1.54, 1.807) is 6.20 Å². The van der Waals surface area contributed by atoms with Crippen LogP contribution in [0.5, 0.6) is 0 Å². The number of halogens is 1. The zero-order valence-electron chi connectivity index (χ0n) is 10.1. The highest BCUT2D eigenvalue weighted by atomic mass is 79.9. The predicted octanol–water partition coefficient (Wildman–Crippen LogP) is 2.09. The van der Waals surface area contributed by atoms with Gasteiger partial charge in [-0.3, -0.25) is 9.78 Å². The minimum Gasteiger partial charge on any atom is -0.358 e. The third-order valence-electron chi connectivity index (χ3n) is 3.50. The Morgan fingerprint density at radius 3 is 2.94 bits per heavy atom. The standard InChI is InChI=1S/C13H16BrN3O/c14-9-6-11(8-15-7-9)17-5-1-2-12(17)13(18)16-10-3-4-10/h6-8,10,12H,1-5H2,(H,16,18). The molecule has 0 spiro atoms. The summed E-state index contributed by atoms with van der Waals surface area (Å²) in [6.45, 7) is 0.931. The van der Waals surface area contributed by atoms with Gasteiger partial charge in [-0.05, 0) is 47.7 Å². The molecule has 1 aliphatic heterocycles. The van der Waals surface area contributed by atoms with Crippen LogP contribution in [0.3, 0.4) is 0 Å². The molecule has 1 atom stereocenters. The van der Waals surface area contributed by atoms with Gasteiger partial charge in [0.1, 0.15) is 6.04 Å². The number of carbonyl (C=O) groups excluding carboxylic acids is 1. The number of aromatic nitrogens is 1. The molecule has 0 radical (unpaired) electrons. The van der Waals surface area contributed by atoms with Gasteiger partial charge >= 0.3 is 0 Å². The number of pyridine rings is 1. The second kappa shape index (κ2) is 4.88. The number of rotatable bonds is 3. The fraction of sp³-hybridized carbons (Fsp3) is 0.538.